The van der Waals surface area contributed by atoms with Crippen molar-refractivity contribution in [3.63, 3.8) is 0 Å². The summed E-state index contributed by atoms with van der Waals surface area (Å²) in [5, 5.41) is 31.8. The molecule has 38 heavy (non-hydrogen) atoms. The van der Waals surface area contributed by atoms with Crippen LogP contribution in [0, 0.1) is 0 Å². The number of hydrogen-bond donors (Lipinski definition) is 3. The maximum Gasteiger partial charge on any atom is 0.352 e. The number of nitrogens with zero attached hydrogens (tertiary/aromatic N) is 7. The van der Waals surface area contributed by atoms with E-state index in [-0.39, 0.29) is 34.6 Å². The molecule has 18 heteroatoms. The number of carbonyl (C=O) groups excluding carboxylic acids is 3. The van der Waals surface area contributed by atoms with Crippen LogP contribution < -0.4 is 10.6 Å². The normalized spacial score (nSPS) is 18.9. The minimum Gasteiger partial charge on any atom is -0.477 e. The molecule has 1 fully saturated rings. The van der Waals surface area contributed by atoms with Crippen LogP contribution in [-0.2, 0) is 30.6 Å². The molecule has 0 spiro atoms. The van der Waals surface area contributed by atoms with Gasteiger partial charge in [-0.2, -0.15) is 0 Å². The van der Waals surface area contributed by atoms with Crippen LogP contribution in [0.2, 0.25) is 0 Å². The summed E-state index contributed by atoms with van der Waals surface area (Å²) in [5.41, 5.74) is 0.380. The number of fused-ring (bicyclic) bond motifs is 1. The summed E-state index contributed by atoms with van der Waals surface area (Å²) < 4.78 is 1.53. The number of nitrogens with one attached hydrogen (secondary N) is 2. The maximum atomic E-state index is 13.1. The average Bonchev–Trinajstić information content (AvgIpc) is 3.55. The fraction of sp³-hybridized carbons (Fsp3) is 0.350. The first-order valence-corrected chi connectivity index (χ1v) is 13.9. The summed E-state index contributed by atoms with van der Waals surface area (Å²) in [4.78, 5) is 59.3. The summed E-state index contributed by atoms with van der Waals surface area (Å²) >= 11 is 3.66. The number of aromatic nitrogens is 5. The zero-order valence-corrected chi connectivity index (χ0v) is 22.2. The van der Waals surface area contributed by atoms with Gasteiger partial charge in [0.15, 0.2) is 10.8 Å². The van der Waals surface area contributed by atoms with Crippen LogP contribution in [-0.4, -0.2) is 94.6 Å². The van der Waals surface area contributed by atoms with Gasteiger partial charge in [-0.1, -0.05) is 23.0 Å². The summed E-state index contributed by atoms with van der Waals surface area (Å²) in [5.74, 6) is -1.96. The molecule has 2 aliphatic rings. The lowest BCUT2D eigenvalue weighted by molar-refractivity contribution is -0.150. The van der Waals surface area contributed by atoms with E-state index in [0.717, 1.165) is 11.3 Å². The van der Waals surface area contributed by atoms with Gasteiger partial charge in [-0.3, -0.25) is 19.3 Å². The summed E-state index contributed by atoms with van der Waals surface area (Å²) in [7, 11) is 0. The molecule has 0 aromatic carbocycles. The Labute approximate surface area is 227 Å². The molecular weight excluding hydrogens is 558 g/mol. The highest BCUT2D eigenvalue weighted by atomic mass is 32.2. The quantitative estimate of drug-likeness (QED) is 0.0727. The molecule has 15 nitrogen and oxygen atoms in total. The molecule has 1 unspecified atom stereocenters. The van der Waals surface area contributed by atoms with Gasteiger partial charge in [0.2, 0.25) is 11.6 Å². The van der Waals surface area contributed by atoms with Crippen molar-refractivity contribution in [3.8, 4) is 0 Å². The maximum absolute atomic E-state index is 13.1. The highest BCUT2D eigenvalue weighted by molar-refractivity contribution is 8.01. The molecule has 4 rings (SSSR count). The molecule has 200 valence electrons. The molecule has 0 aliphatic carbocycles. The van der Waals surface area contributed by atoms with Crippen LogP contribution in [0.3, 0.4) is 0 Å². The molecule has 2 aromatic heterocycles. The number of carbonyl (C=O) groups is 4. The minimum atomic E-state index is -1.24. The highest BCUT2D eigenvalue weighted by Crippen LogP contribution is 2.41. The Morgan fingerprint density at radius 2 is 2.26 bits per heavy atom. The fourth-order valence-electron chi connectivity index (χ4n) is 3.53. The Bertz CT molecular complexity index is 1320. The lowest BCUT2D eigenvalue weighted by Crippen LogP contribution is -2.71. The van der Waals surface area contributed by atoms with Gasteiger partial charge in [-0.15, -0.1) is 34.8 Å². The molecule has 1 saturated heterocycles. The zero-order valence-electron chi connectivity index (χ0n) is 19.8. The zero-order chi connectivity index (χ0) is 27.2. The Kier molecular flexibility index (Phi) is 8.74. The standard InChI is InChI=1S/C20H21N9O6S3/c1-3-5-28-20(24-26-27-28)38-7-10-6-36-17-13(16(32)29(17)14(10)18(33)34)23-15(31)12(25-35-4-2)11-8-37-19(22-11)21-9-30/h3,8-9,13,17H,1,4-7H2,2H3,(H,23,31)(H,33,34)(H,21,22,30)/t13?,17-/m0/s1. The number of carboxylic acids is 1. The van der Waals surface area contributed by atoms with Gasteiger partial charge in [-0.05, 0) is 22.9 Å². The first-order valence-electron chi connectivity index (χ1n) is 11.0. The molecule has 0 saturated carbocycles. The number of anilines is 1. The highest BCUT2D eigenvalue weighted by Gasteiger charge is 2.54. The van der Waals surface area contributed by atoms with E-state index >= 15 is 0 Å². The predicted octanol–water partition coefficient (Wildman–Crippen LogP) is 0.155. The smallest absolute Gasteiger partial charge is 0.352 e. The topological polar surface area (TPSA) is 194 Å². The van der Waals surface area contributed by atoms with Crippen molar-refractivity contribution in [1.29, 1.82) is 0 Å². The van der Waals surface area contributed by atoms with Gasteiger partial charge in [-0.25, -0.2) is 14.5 Å². The summed E-state index contributed by atoms with van der Waals surface area (Å²) in [6.45, 7) is 5.91. The van der Waals surface area contributed by atoms with Gasteiger partial charge in [0.1, 0.15) is 29.4 Å². The third-order valence-corrected chi connectivity index (χ3v) is 8.30. The Hall–Kier alpha value is -3.77. The van der Waals surface area contributed by atoms with Gasteiger partial charge < -0.3 is 20.6 Å². The molecule has 0 bridgehead atoms. The second-order valence-corrected chi connectivity index (χ2v) is 10.4. The monoisotopic (exact) mass is 579 g/mol. The van der Waals surface area contributed by atoms with Gasteiger partial charge >= 0.3 is 5.97 Å². The lowest BCUT2D eigenvalue weighted by atomic mass is 10.0. The van der Waals surface area contributed by atoms with Crippen LogP contribution in [0.15, 0.2) is 39.6 Å². The number of carboxylic acid groups (broad SMARTS) is 1. The molecule has 2 aliphatic heterocycles. The van der Waals surface area contributed by atoms with E-state index in [9.17, 15) is 24.3 Å². The van der Waals surface area contributed by atoms with Crippen molar-refractivity contribution in [2.75, 3.05) is 23.4 Å². The molecule has 0 radical (unpaired) electrons. The van der Waals surface area contributed by atoms with E-state index in [1.165, 1.54) is 38.5 Å². The largest absolute Gasteiger partial charge is 0.477 e. The number of aliphatic carboxylic acids is 1. The Morgan fingerprint density at radius 3 is 2.97 bits per heavy atom. The van der Waals surface area contributed by atoms with E-state index in [1.807, 2.05) is 0 Å². The average molecular weight is 580 g/mol. The second-order valence-electron chi connectivity index (χ2n) is 7.50. The van der Waals surface area contributed by atoms with Crippen molar-refractivity contribution in [2.45, 2.75) is 30.0 Å². The SMILES string of the molecule is C=CCn1nnnc1SCC1=C(C(=O)O)N2C(=O)C(NC(=O)C(=NOCC)c3csc(NC=O)n3)[C@@H]2SC1. The molecule has 2 atom stereocenters. The van der Waals surface area contributed by atoms with Crippen molar-refractivity contribution in [3.05, 3.63) is 35.0 Å². The van der Waals surface area contributed by atoms with E-state index in [4.69, 9.17) is 4.84 Å². The van der Waals surface area contributed by atoms with Crippen molar-refractivity contribution in [1.82, 2.24) is 35.4 Å². The van der Waals surface area contributed by atoms with Gasteiger partial charge in [0.05, 0.1) is 6.54 Å². The number of thiazole rings is 1. The molecule has 2 aromatic rings. The van der Waals surface area contributed by atoms with Crippen LogP contribution in [0.5, 0.6) is 0 Å². The number of allylic oxidation sites excluding steroid dienone is 1. The Balaban J connectivity index is 1.48. The van der Waals surface area contributed by atoms with E-state index in [2.05, 4.69) is 42.9 Å². The van der Waals surface area contributed by atoms with E-state index in [1.54, 1.807) is 13.0 Å². The first-order chi connectivity index (χ1) is 18.4. The number of rotatable bonds is 13. The second kappa shape index (κ2) is 12.2. The number of oxime groups is 1. The van der Waals surface area contributed by atoms with Gasteiger partial charge in [0.25, 0.3) is 11.8 Å². The predicted molar refractivity (Wildman–Crippen MR) is 138 cm³/mol. The number of amides is 3. The van der Waals surface area contributed by atoms with E-state index < -0.39 is 29.2 Å². The minimum absolute atomic E-state index is 0.119. The molecule has 3 N–H and O–H groups in total. The Morgan fingerprint density at radius 1 is 1.45 bits per heavy atom. The van der Waals surface area contributed by atoms with Crippen LogP contribution in [0.4, 0.5) is 5.13 Å². The summed E-state index contributed by atoms with van der Waals surface area (Å²) in [6.07, 6.45) is 2.09. The number of tetrazole rings is 1. The van der Waals surface area contributed by atoms with Crippen molar-refractivity contribution < 1.29 is 29.1 Å². The molecule has 4 heterocycles. The number of hydrogen-bond acceptors (Lipinski definition) is 13. The first kappa shape index (κ1) is 27.3. The summed E-state index contributed by atoms with van der Waals surface area (Å²) in [6, 6.07) is -0.978. The van der Waals surface area contributed by atoms with Crippen molar-refractivity contribution >= 4 is 69.9 Å². The van der Waals surface area contributed by atoms with Gasteiger partial charge in [0, 0.05) is 16.9 Å². The fourth-order valence-corrected chi connectivity index (χ4v) is 6.55. The van der Waals surface area contributed by atoms with Crippen molar-refractivity contribution in [2.24, 2.45) is 5.16 Å². The third kappa shape index (κ3) is 5.55. The molecular formula is C20H21N9O6S3. The van der Waals surface area contributed by atoms with Crippen LogP contribution >= 0.6 is 34.9 Å². The lowest BCUT2D eigenvalue weighted by Gasteiger charge is -2.49. The van der Waals surface area contributed by atoms with E-state index in [0.29, 0.717) is 29.4 Å². The van der Waals surface area contributed by atoms with Crippen LogP contribution in [0.1, 0.15) is 12.6 Å². The molecule has 3 amide bonds. The number of thioether (sulfide) groups is 2. The third-order valence-electron chi connectivity index (χ3n) is 5.14. The number of β-lactam (4-membered cyclic amide) rings is 1. The van der Waals surface area contributed by atoms with Crippen LogP contribution in [0.25, 0.3) is 0 Å².